The normalized spacial score (nSPS) is 24.6. The highest BCUT2D eigenvalue weighted by molar-refractivity contribution is 5.96. The first-order valence-electron chi connectivity index (χ1n) is 4.84. The van der Waals surface area contributed by atoms with Gasteiger partial charge in [-0.15, -0.1) is 0 Å². The SMILES string of the molecule is C1=CC2=NC3=C(CCC3)CN2C=C1. The molecule has 2 heterocycles. The third-order valence-corrected chi connectivity index (χ3v) is 2.83. The standard InChI is InChI=1S/C11H12N2/c1-2-7-13-8-9-4-3-5-10(9)12-11(13)6-1/h1-2,6-7H,3-5,8H2. The monoisotopic (exact) mass is 172 g/mol. The molecule has 3 rings (SSSR count). The van der Waals surface area contributed by atoms with Crippen molar-refractivity contribution in [2.75, 3.05) is 6.54 Å². The highest BCUT2D eigenvalue weighted by atomic mass is 15.2. The zero-order valence-corrected chi connectivity index (χ0v) is 7.53. The van der Waals surface area contributed by atoms with Gasteiger partial charge in [0.25, 0.3) is 0 Å². The number of hydrogen-bond acceptors (Lipinski definition) is 2. The molecule has 0 aromatic heterocycles. The van der Waals surface area contributed by atoms with Gasteiger partial charge in [0.1, 0.15) is 5.84 Å². The van der Waals surface area contributed by atoms with Crippen LogP contribution in [0.2, 0.25) is 0 Å². The minimum atomic E-state index is 1.06. The van der Waals surface area contributed by atoms with Crippen LogP contribution in [0.1, 0.15) is 19.3 Å². The largest absolute Gasteiger partial charge is 0.329 e. The molecule has 3 aliphatic rings. The van der Waals surface area contributed by atoms with E-state index in [9.17, 15) is 0 Å². The molecule has 2 nitrogen and oxygen atoms in total. The molecule has 0 spiro atoms. The fraction of sp³-hybridized carbons (Fsp3) is 0.364. The van der Waals surface area contributed by atoms with Crippen LogP contribution in [-0.2, 0) is 0 Å². The van der Waals surface area contributed by atoms with Gasteiger partial charge in [-0.2, -0.15) is 0 Å². The second-order valence-corrected chi connectivity index (χ2v) is 3.70. The van der Waals surface area contributed by atoms with Crippen LogP contribution in [0.3, 0.4) is 0 Å². The Labute approximate surface area is 78.0 Å². The van der Waals surface area contributed by atoms with Crippen LogP contribution in [0.25, 0.3) is 0 Å². The van der Waals surface area contributed by atoms with Crippen molar-refractivity contribution in [1.82, 2.24) is 4.90 Å². The van der Waals surface area contributed by atoms with Crippen molar-refractivity contribution in [3.05, 3.63) is 35.7 Å². The summed E-state index contributed by atoms with van der Waals surface area (Å²) < 4.78 is 0. The quantitative estimate of drug-likeness (QED) is 0.547. The van der Waals surface area contributed by atoms with E-state index in [4.69, 9.17) is 0 Å². The molecule has 2 aliphatic heterocycles. The maximum atomic E-state index is 4.65. The smallest absolute Gasteiger partial charge is 0.133 e. The Hall–Kier alpha value is -1.31. The second-order valence-electron chi connectivity index (χ2n) is 3.70. The van der Waals surface area contributed by atoms with Gasteiger partial charge in [0, 0.05) is 18.4 Å². The van der Waals surface area contributed by atoms with Gasteiger partial charge in [-0.25, -0.2) is 4.99 Å². The Kier molecular flexibility index (Phi) is 1.42. The summed E-state index contributed by atoms with van der Waals surface area (Å²) in [6.07, 6.45) is 12.0. The lowest BCUT2D eigenvalue weighted by atomic mass is 10.1. The first-order valence-corrected chi connectivity index (χ1v) is 4.84. The molecule has 0 aromatic rings. The van der Waals surface area contributed by atoms with Crippen LogP contribution in [0.15, 0.2) is 40.7 Å². The number of allylic oxidation sites excluding steroid dienone is 3. The molecule has 13 heavy (non-hydrogen) atoms. The average molecular weight is 172 g/mol. The Balaban J connectivity index is 2.01. The van der Waals surface area contributed by atoms with Gasteiger partial charge in [-0.3, -0.25) is 0 Å². The first-order chi connectivity index (χ1) is 6.43. The van der Waals surface area contributed by atoms with Crippen molar-refractivity contribution in [3.8, 4) is 0 Å². The molecule has 0 saturated carbocycles. The summed E-state index contributed by atoms with van der Waals surface area (Å²) in [6.45, 7) is 1.06. The van der Waals surface area contributed by atoms with Crippen LogP contribution in [0, 0.1) is 0 Å². The fourth-order valence-corrected chi connectivity index (χ4v) is 2.14. The van der Waals surface area contributed by atoms with E-state index in [-0.39, 0.29) is 0 Å². The van der Waals surface area contributed by atoms with Gasteiger partial charge in [0.2, 0.25) is 0 Å². The molecule has 0 amide bonds. The molecular weight excluding hydrogens is 160 g/mol. The van der Waals surface area contributed by atoms with E-state index in [0.717, 1.165) is 12.4 Å². The van der Waals surface area contributed by atoms with Crippen molar-refractivity contribution >= 4 is 5.84 Å². The van der Waals surface area contributed by atoms with E-state index in [2.05, 4.69) is 34.3 Å². The van der Waals surface area contributed by atoms with E-state index in [0.29, 0.717) is 0 Å². The molecule has 1 aliphatic carbocycles. The zero-order chi connectivity index (χ0) is 8.67. The molecule has 0 radical (unpaired) electrons. The Morgan fingerprint density at radius 1 is 1.23 bits per heavy atom. The van der Waals surface area contributed by atoms with E-state index in [1.165, 1.54) is 25.0 Å². The lowest BCUT2D eigenvalue weighted by Gasteiger charge is -2.27. The minimum Gasteiger partial charge on any atom is -0.329 e. The number of fused-ring (bicyclic) bond motifs is 1. The molecule has 0 bridgehead atoms. The van der Waals surface area contributed by atoms with E-state index in [1.54, 1.807) is 5.57 Å². The highest BCUT2D eigenvalue weighted by Crippen LogP contribution is 2.31. The van der Waals surface area contributed by atoms with Crippen LogP contribution in [0.4, 0.5) is 0 Å². The van der Waals surface area contributed by atoms with E-state index >= 15 is 0 Å². The predicted molar refractivity (Wildman–Crippen MR) is 53.3 cm³/mol. The highest BCUT2D eigenvalue weighted by Gasteiger charge is 2.22. The van der Waals surface area contributed by atoms with Crippen molar-refractivity contribution in [2.45, 2.75) is 19.3 Å². The van der Waals surface area contributed by atoms with Crippen LogP contribution in [0.5, 0.6) is 0 Å². The summed E-state index contributed by atoms with van der Waals surface area (Å²) in [6, 6.07) is 0. The predicted octanol–water partition coefficient (Wildman–Crippen LogP) is 2.22. The molecule has 0 atom stereocenters. The maximum Gasteiger partial charge on any atom is 0.133 e. The maximum absolute atomic E-state index is 4.65. The Morgan fingerprint density at radius 2 is 2.23 bits per heavy atom. The van der Waals surface area contributed by atoms with Crippen molar-refractivity contribution in [2.24, 2.45) is 4.99 Å². The Bertz CT molecular complexity index is 358. The number of hydrogen-bond donors (Lipinski definition) is 0. The van der Waals surface area contributed by atoms with E-state index in [1.807, 2.05) is 0 Å². The summed E-state index contributed by atoms with van der Waals surface area (Å²) in [5.41, 5.74) is 2.90. The first kappa shape index (κ1) is 7.13. The molecule has 0 N–H and O–H groups in total. The molecule has 0 unspecified atom stereocenters. The van der Waals surface area contributed by atoms with Crippen molar-refractivity contribution < 1.29 is 0 Å². The third-order valence-electron chi connectivity index (χ3n) is 2.83. The van der Waals surface area contributed by atoms with E-state index < -0.39 is 0 Å². The lowest BCUT2D eigenvalue weighted by molar-refractivity contribution is 0.583. The average Bonchev–Trinajstić information content (AvgIpc) is 2.61. The van der Waals surface area contributed by atoms with Crippen LogP contribution in [-0.4, -0.2) is 17.3 Å². The summed E-state index contributed by atoms with van der Waals surface area (Å²) in [5, 5.41) is 0. The third kappa shape index (κ3) is 1.05. The van der Waals surface area contributed by atoms with Gasteiger partial charge in [-0.1, -0.05) is 6.08 Å². The lowest BCUT2D eigenvalue weighted by Crippen LogP contribution is -2.30. The molecule has 0 aromatic carbocycles. The number of aliphatic imine (C=N–C) groups is 1. The molecule has 0 saturated heterocycles. The molecule has 0 fully saturated rings. The van der Waals surface area contributed by atoms with Crippen molar-refractivity contribution in [3.63, 3.8) is 0 Å². The Morgan fingerprint density at radius 3 is 3.23 bits per heavy atom. The number of amidine groups is 1. The summed E-state index contributed by atoms with van der Waals surface area (Å²) >= 11 is 0. The van der Waals surface area contributed by atoms with Crippen LogP contribution >= 0.6 is 0 Å². The topological polar surface area (TPSA) is 15.6 Å². The van der Waals surface area contributed by atoms with Gasteiger partial charge >= 0.3 is 0 Å². The molecule has 2 heteroatoms. The fourth-order valence-electron chi connectivity index (χ4n) is 2.14. The summed E-state index contributed by atoms with van der Waals surface area (Å²) in [7, 11) is 0. The van der Waals surface area contributed by atoms with Gasteiger partial charge < -0.3 is 4.90 Å². The number of nitrogens with zero attached hydrogens (tertiary/aromatic N) is 2. The number of rotatable bonds is 0. The minimum absolute atomic E-state index is 1.06. The van der Waals surface area contributed by atoms with Gasteiger partial charge in [0.15, 0.2) is 0 Å². The summed E-state index contributed by atoms with van der Waals surface area (Å²) in [5.74, 6) is 1.11. The molecule has 66 valence electrons. The van der Waals surface area contributed by atoms with Crippen LogP contribution < -0.4 is 0 Å². The zero-order valence-electron chi connectivity index (χ0n) is 7.53. The molecular formula is C11H12N2. The van der Waals surface area contributed by atoms with Gasteiger partial charge in [-0.05, 0) is 37.0 Å². The summed E-state index contributed by atoms with van der Waals surface area (Å²) in [4.78, 5) is 6.88. The van der Waals surface area contributed by atoms with Crippen molar-refractivity contribution in [1.29, 1.82) is 0 Å². The second kappa shape index (κ2) is 2.59. The van der Waals surface area contributed by atoms with Gasteiger partial charge in [0.05, 0.1) is 0 Å².